The maximum Gasteiger partial charge on any atom is 0.226 e. The van der Waals surface area contributed by atoms with Crippen LogP contribution in [0.3, 0.4) is 0 Å². The molecule has 10 heteroatoms. The van der Waals surface area contributed by atoms with E-state index >= 15 is 0 Å². The second kappa shape index (κ2) is 10.7. The summed E-state index contributed by atoms with van der Waals surface area (Å²) in [5.41, 5.74) is 2.13. The van der Waals surface area contributed by atoms with E-state index in [1.54, 1.807) is 24.5 Å². The standard InChI is InChI=1S/C26H26FN5O2S2/c1-15-14-29-25(30-15)22-13-19-24(36-22)21(9-10-28-19)34-20-8-7-17(12-18(20)27)31-26(35)32-23(33)11-16-5-3-2-4-6-16/h7-10,12-14,16H,2-6,11H2,1H3,(H,29,30)(H2,31,32,33,35). The number of carbonyl (C=O) groups is 1. The van der Waals surface area contributed by atoms with Gasteiger partial charge in [0, 0.05) is 42.3 Å². The number of ether oxygens (including phenoxy) is 1. The van der Waals surface area contributed by atoms with Crippen LogP contribution < -0.4 is 15.4 Å². The Morgan fingerprint density at radius 2 is 2.03 bits per heavy atom. The third kappa shape index (κ3) is 5.71. The Morgan fingerprint density at radius 3 is 2.78 bits per heavy atom. The average Bonchev–Trinajstić information content (AvgIpc) is 3.48. The van der Waals surface area contributed by atoms with Gasteiger partial charge in [-0.25, -0.2) is 9.37 Å². The van der Waals surface area contributed by atoms with Crippen LogP contribution in [0.4, 0.5) is 10.1 Å². The molecule has 0 bridgehead atoms. The third-order valence-corrected chi connectivity index (χ3v) is 7.52. The van der Waals surface area contributed by atoms with Crippen molar-refractivity contribution in [3.8, 4) is 22.2 Å². The van der Waals surface area contributed by atoms with Crippen LogP contribution in [0.5, 0.6) is 11.5 Å². The number of nitrogens with one attached hydrogen (secondary N) is 3. The summed E-state index contributed by atoms with van der Waals surface area (Å²) in [4.78, 5) is 25.2. The molecule has 1 fully saturated rings. The second-order valence-corrected chi connectivity index (χ2v) is 10.5. The van der Waals surface area contributed by atoms with Crippen LogP contribution in [0.1, 0.15) is 44.2 Å². The van der Waals surface area contributed by atoms with Crippen molar-refractivity contribution in [2.45, 2.75) is 45.4 Å². The highest BCUT2D eigenvalue weighted by Gasteiger charge is 2.18. The number of benzene rings is 1. The molecule has 186 valence electrons. The number of hydrogen-bond acceptors (Lipinski definition) is 6. The molecule has 3 heterocycles. The molecule has 0 atom stereocenters. The molecule has 0 radical (unpaired) electrons. The number of fused-ring (bicyclic) bond motifs is 1. The SMILES string of the molecule is Cc1cnc(-c2cc3nccc(Oc4ccc(NC(=S)NC(=O)CC5CCCCC5)cc4F)c3s2)[nH]1. The molecule has 3 aromatic heterocycles. The summed E-state index contributed by atoms with van der Waals surface area (Å²) in [6.07, 6.45) is 9.63. The lowest BCUT2D eigenvalue weighted by Crippen LogP contribution is -2.35. The first-order valence-electron chi connectivity index (χ1n) is 11.9. The minimum absolute atomic E-state index is 0.0732. The van der Waals surface area contributed by atoms with Crippen LogP contribution in [0.25, 0.3) is 20.9 Å². The summed E-state index contributed by atoms with van der Waals surface area (Å²) in [5, 5.41) is 5.73. The fourth-order valence-corrected chi connectivity index (χ4v) is 5.67. The molecule has 5 rings (SSSR count). The summed E-state index contributed by atoms with van der Waals surface area (Å²) in [6, 6.07) is 8.11. The van der Waals surface area contributed by atoms with Gasteiger partial charge in [-0.05, 0) is 56.1 Å². The van der Waals surface area contributed by atoms with Crippen molar-refractivity contribution in [2.24, 2.45) is 5.92 Å². The van der Waals surface area contributed by atoms with E-state index in [-0.39, 0.29) is 16.8 Å². The van der Waals surface area contributed by atoms with Crippen LogP contribution in [0.15, 0.2) is 42.7 Å². The highest BCUT2D eigenvalue weighted by Crippen LogP contribution is 2.39. The van der Waals surface area contributed by atoms with Crippen molar-refractivity contribution >= 4 is 50.5 Å². The first-order chi connectivity index (χ1) is 17.4. The third-order valence-electron chi connectivity index (χ3n) is 6.17. The van der Waals surface area contributed by atoms with Gasteiger partial charge >= 0.3 is 0 Å². The molecule has 0 aliphatic heterocycles. The molecule has 1 saturated carbocycles. The highest BCUT2D eigenvalue weighted by molar-refractivity contribution is 7.80. The number of hydrogen-bond donors (Lipinski definition) is 3. The van der Waals surface area contributed by atoms with Crippen molar-refractivity contribution < 1.29 is 13.9 Å². The zero-order valence-corrected chi connectivity index (χ0v) is 21.4. The van der Waals surface area contributed by atoms with Crippen LogP contribution >= 0.6 is 23.6 Å². The number of imidazole rings is 1. The zero-order chi connectivity index (χ0) is 25.1. The molecule has 3 N–H and O–H groups in total. The Hall–Kier alpha value is -3.37. The topological polar surface area (TPSA) is 91.9 Å². The van der Waals surface area contributed by atoms with Gasteiger partial charge in [0.05, 0.1) is 15.1 Å². The lowest BCUT2D eigenvalue weighted by atomic mass is 9.87. The lowest BCUT2D eigenvalue weighted by molar-refractivity contribution is -0.120. The Kier molecular flexibility index (Phi) is 7.24. The number of aromatic nitrogens is 3. The van der Waals surface area contributed by atoms with E-state index in [9.17, 15) is 9.18 Å². The lowest BCUT2D eigenvalue weighted by Gasteiger charge is -2.21. The quantitative estimate of drug-likeness (QED) is 0.243. The number of halogens is 1. The van der Waals surface area contributed by atoms with Crippen molar-refractivity contribution in [3.05, 3.63) is 54.2 Å². The summed E-state index contributed by atoms with van der Waals surface area (Å²) < 4.78 is 21.6. The van der Waals surface area contributed by atoms with E-state index in [1.165, 1.54) is 42.7 Å². The number of pyridine rings is 1. The van der Waals surface area contributed by atoms with Crippen molar-refractivity contribution in [1.29, 1.82) is 0 Å². The monoisotopic (exact) mass is 523 g/mol. The maximum absolute atomic E-state index is 14.9. The summed E-state index contributed by atoms with van der Waals surface area (Å²) in [5.74, 6) is 1.08. The number of thiocarbonyl (C=S) groups is 1. The number of anilines is 1. The van der Waals surface area contributed by atoms with Gasteiger partial charge in [0.2, 0.25) is 5.91 Å². The number of amides is 1. The smallest absolute Gasteiger partial charge is 0.226 e. The molecular formula is C26H26FN5O2S2. The van der Waals surface area contributed by atoms with E-state index in [1.807, 2.05) is 13.0 Å². The first-order valence-corrected chi connectivity index (χ1v) is 13.2. The number of rotatable bonds is 6. The van der Waals surface area contributed by atoms with Crippen molar-refractivity contribution in [3.63, 3.8) is 0 Å². The Bertz CT molecular complexity index is 1410. The van der Waals surface area contributed by atoms with Gasteiger partial charge in [-0.1, -0.05) is 19.3 Å². The highest BCUT2D eigenvalue weighted by atomic mass is 32.1. The molecule has 1 aromatic carbocycles. The number of aryl methyl sites for hydroxylation is 1. The van der Waals surface area contributed by atoms with Crippen LogP contribution in [0, 0.1) is 18.7 Å². The predicted octanol–water partition coefficient (Wildman–Crippen LogP) is 6.71. The molecule has 0 unspecified atom stereocenters. The second-order valence-electron chi connectivity index (χ2n) is 9.01. The summed E-state index contributed by atoms with van der Waals surface area (Å²) in [6.45, 7) is 1.94. The van der Waals surface area contributed by atoms with Gasteiger partial charge in [0.1, 0.15) is 11.6 Å². The van der Waals surface area contributed by atoms with Crippen LogP contribution in [-0.4, -0.2) is 26.0 Å². The number of thiophene rings is 1. The minimum atomic E-state index is -0.556. The number of H-pyrrole nitrogens is 1. The maximum atomic E-state index is 14.9. The summed E-state index contributed by atoms with van der Waals surface area (Å²) in [7, 11) is 0. The predicted molar refractivity (Wildman–Crippen MR) is 144 cm³/mol. The van der Waals surface area contributed by atoms with Gasteiger partial charge < -0.3 is 20.4 Å². The van der Waals surface area contributed by atoms with Crippen molar-refractivity contribution in [2.75, 3.05) is 5.32 Å². The first kappa shape index (κ1) is 24.3. The molecule has 0 saturated heterocycles. The Balaban J connectivity index is 1.24. The fourth-order valence-electron chi connectivity index (χ4n) is 4.42. The fraction of sp³-hybridized carbons (Fsp3) is 0.308. The van der Waals surface area contributed by atoms with E-state index in [0.717, 1.165) is 39.5 Å². The van der Waals surface area contributed by atoms with Gasteiger partial charge in [-0.3, -0.25) is 9.78 Å². The number of carbonyl (C=O) groups excluding carboxylic acids is 1. The van der Waals surface area contributed by atoms with Crippen LogP contribution in [0.2, 0.25) is 0 Å². The van der Waals surface area contributed by atoms with Crippen molar-refractivity contribution in [1.82, 2.24) is 20.3 Å². The molecule has 36 heavy (non-hydrogen) atoms. The van der Waals surface area contributed by atoms with Gasteiger partial charge in [-0.15, -0.1) is 11.3 Å². The molecule has 0 spiro atoms. The van der Waals surface area contributed by atoms with Gasteiger partial charge in [-0.2, -0.15) is 0 Å². The Labute approximate surface area is 217 Å². The number of nitrogens with zero attached hydrogens (tertiary/aromatic N) is 2. The summed E-state index contributed by atoms with van der Waals surface area (Å²) >= 11 is 6.72. The largest absolute Gasteiger partial charge is 0.453 e. The zero-order valence-electron chi connectivity index (χ0n) is 19.8. The molecule has 1 amide bonds. The molecule has 7 nitrogen and oxygen atoms in total. The minimum Gasteiger partial charge on any atom is -0.453 e. The molecular weight excluding hydrogens is 497 g/mol. The van der Waals surface area contributed by atoms with E-state index in [0.29, 0.717) is 23.8 Å². The molecule has 1 aliphatic carbocycles. The van der Waals surface area contributed by atoms with Gasteiger partial charge in [0.25, 0.3) is 0 Å². The van der Waals surface area contributed by atoms with Crippen LogP contribution in [-0.2, 0) is 4.79 Å². The molecule has 4 aromatic rings. The van der Waals surface area contributed by atoms with E-state index < -0.39 is 5.82 Å². The molecule has 1 aliphatic rings. The van der Waals surface area contributed by atoms with Gasteiger partial charge in [0.15, 0.2) is 16.7 Å². The normalized spacial score (nSPS) is 14.1. The Morgan fingerprint density at radius 1 is 1.19 bits per heavy atom. The average molecular weight is 524 g/mol. The number of aromatic amines is 1. The van der Waals surface area contributed by atoms with E-state index in [4.69, 9.17) is 17.0 Å². The van der Waals surface area contributed by atoms with E-state index in [2.05, 4.69) is 25.6 Å².